The number of hydrogen-bond donors (Lipinski definition) is 0. The molecule has 0 amide bonds. The number of ketones is 2. The van der Waals surface area contributed by atoms with Crippen LogP contribution < -0.4 is 4.74 Å². The molecule has 0 saturated heterocycles. The molecule has 1 aliphatic rings. The number of carbonyl (C=O) groups is 2. The molecule has 0 saturated carbocycles. The van der Waals surface area contributed by atoms with Crippen LogP contribution in [-0.2, 0) is 11.2 Å². The van der Waals surface area contributed by atoms with Crippen LogP contribution in [-0.4, -0.2) is 27.5 Å². The van der Waals surface area contributed by atoms with Crippen molar-refractivity contribution in [3.05, 3.63) is 72.1 Å². The van der Waals surface area contributed by atoms with Crippen LogP contribution in [0.4, 0.5) is 13.2 Å². The maximum absolute atomic E-state index is 13.0. The molecule has 0 bridgehead atoms. The summed E-state index contributed by atoms with van der Waals surface area (Å²) in [6, 6.07) is 14.4. The van der Waals surface area contributed by atoms with Gasteiger partial charge in [-0.05, 0) is 60.5 Å². The van der Waals surface area contributed by atoms with Gasteiger partial charge in [0, 0.05) is 24.6 Å². The number of ether oxygens (including phenoxy) is 1. The van der Waals surface area contributed by atoms with Crippen LogP contribution in [0, 0.1) is 0 Å². The first-order valence-corrected chi connectivity index (χ1v) is 11.1. The first-order chi connectivity index (χ1) is 15.8. The first-order valence-electron chi connectivity index (χ1n) is 10.3. The minimum absolute atomic E-state index is 0.0456. The number of carbonyl (C=O) groups excluding carboxylic acids is 2. The summed E-state index contributed by atoms with van der Waals surface area (Å²) in [5.74, 6) is -0.187. The van der Waals surface area contributed by atoms with Crippen LogP contribution >= 0.6 is 11.3 Å². The Bertz CT molecular complexity index is 1360. The molecule has 1 atom stereocenters. The third kappa shape index (κ3) is 4.41. The normalized spacial score (nSPS) is 16.1. The lowest BCUT2D eigenvalue weighted by Crippen LogP contribution is -2.28. The van der Waals surface area contributed by atoms with Gasteiger partial charge < -0.3 is 9.30 Å². The summed E-state index contributed by atoms with van der Waals surface area (Å²) in [5, 5.41) is 0.662. The van der Waals surface area contributed by atoms with Gasteiger partial charge >= 0.3 is 6.36 Å². The summed E-state index contributed by atoms with van der Waals surface area (Å²) < 4.78 is 43.6. The highest BCUT2D eigenvalue weighted by molar-refractivity contribution is 7.21. The average molecular weight is 470 g/mol. The zero-order chi connectivity index (χ0) is 23.2. The van der Waals surface area contributed by atoms with E-state index < -0.39 is 6.36 Å². The Morgan fingerprint density at radius 2 is 1.94 bits per heavy atom. The van der Waals surface area contributed by atoms with Crippen molar-refractivity contribution in [1.29, 1.82) is 0 Å². The molecule has 0 N–H and O–H groups in total. The molecule has 3 heterocycles. The van der Waals surface area contributed by atoms with Gasteiger partial charge in [0.2, 0.25) is 0 Å². The van der Waals surface area contributed by atoms with Crippen LogP contribution in [0.3, 0.4) is 0 Å². The summed E-state index contributed by atoms with van der Waals surface area (Å²) in [6.45, 7) is 0. The van der Waals surface area contributed by atoms with E-state index in [2.05, 4.69) is 9.72 Å². The van der Waals surface area contributed by atoms with Gasteiger partial charge in [0.05, 0.1) is 22.0 Å². The highest BCUT2D eigenvalue weighted by Gasteiger charge is 2.31. The van der Waals surface area contributed by atoms with Gasteiger partial charge in [-0.1, -0.05) is 6.07 Å². The Labute approximate surface area is 190 Å². The molecule has 0 fully saturated rings. The summed E-state index contributed by atoms with van der Waals surface area (Å²) in [7, 11) is 0. The molecule has 9 heteroatoms. The van der Waals surface area contributed by atoms with E-state index in [9.17, 15) is 22.8 Å². The zero-order valence-corrected chi connectivity index (χ0v) is 17.9. The molecular formula is C24H17F3N2O3S. The van der Waals surface area contributed by atoms with E-state index in [1.165, 1.54) is 35.6 Å². The van der Waals surface area contributed by atoms with Gasteiger partial charge in [0.25, 0.3) is 0 Å². The quantitative estimate of drug-likeness (QED) is 0.359. The fourth-order valence-electron chi connectivity index (χ4n) is 4.07. The molecule has 1 unspecified atom stereocenters. The third-order valence-corrected chi connectivity index (χ3v) is 6.65. The first kappa shape index (κ1) is 21.4. The monoisotopic (exact) mass is 470 g/mol. The van der Waals surface area contributed by atoms with E-state index in [1.807, 2.05) is 18.2 Å². The molecular weight excluding hydrogens is 453 g/mol. The standard InChI is InChI=1S/C24H17F3N2O3S/c25-24(26,27)32-16-6-4-15(5-7-16)23-28-17-8-3-14(13-22(17)33-23)12-21(31)19-9-10-20(30)18-2-1-11-29(18)19/h1-8,11,13,19H,9-10,12H2. The Hall–Kier alpha value is -3.46. The number of Topliss-reactive ketones (excluding diaryl/α,β-unsaturated/α-hetero) is 2. The lowest BCUT2D eigenvalue weighted by atomic mass is 9.95. The fourth-order valence-corrected chi connectivity index (χ4v) is 5.11. The van der Waals surface area contributed by atoms with Crippen LogP contribution in [0.15, 0.2) is 60.8 Å². The smallest absolute Gasteiger partial charge is 0.406 e. The van der Waals surface area contributed by atoms with E-state index in [4.69, 9.17) is 0 Å². The van der Waals surface area contributed by atoms with Crippen LogP contribution in [0.5, 0.6) is 5.75 Å². The average Bonchev–Trinajstić information content (AvgIpc) is 3.41. The molecule has 5 rings (SSSR count). The number of alkyl halides is 3. The molecule has 1 aliphatic heterocycles. The number of hydrogen-bond acceptors (Lipinski definition) is 5. The van der Waals surface area contributed by atoms with Crippen molar-refractivity contribution in [2.24, 2.45) is 0 Å². The summed E-state index contributed by atoms with van der Waals surface area (Å²) in [6.07, 6.45) is -1.85. The number of rotatable bonds is 5. The number of nitrogens with zero attached hydrogens (tertiary/aromatic N) is 2. The van der Waals surface area contributed by atoms with E-state index in [1.54, 1.807) is 22.9 Å². The van der Waals surface area contributed by atoms with Crippen molar-refractivity contribution in [2.75, 3.05) is 0 Å². The van der Waals surface area contributed by atoms with Gasteiger partial charge in [-0.2, -0.15) is 0 Å². The van der Waals surface area contributed by atoms with Crippen LogP contribution in [0.2, 0.25) is 0 Å². The van der Waals surface area contributed by atoms with Crippen molar-refractivity contribution >= 4 is 33.1 Å². The van der Waals surface area contributed by atoms with Gasteiger partial charge in [0.1, 0.15) is 10.8 Å². The van der Waals surface area contributed by atoms with E-state index in [0.29, 0.717) is 29.1 Å². The Morgan fingerprint density at radius 3 is 2.70 bits per heavy atom. The van der Waals surface area contributed by atoms with Crippen LogP contribution in [0.25, 0.3) is 20.8 Å². The highest BCUT2D eigenvalue weighted by atomic mass is 32.1. The number of halogens is 3. The molecule has 0 radical (unpaired) electrons. The third-order valence-electron chi connectivity index (χ3n) is 5.58. The lowest BCUT2D eigenvalue weighted by Gasteiger charge is -2.24. The maximum Gasteiger partial charge on any atom is 0.573 e. The second-order valence-corrected chi connectivity index (χ2v) is 8.85. The SMILES string of the molecule is O=C1CCC(C(=O)Cc2ccc3nc(-c4ccc(OC(F)(F)F)cc4)sc3c2)n2cccc21. The number of thiazole rings is 1. The lowest BCUT2D eigenvalue weighted by molar-refractivity contribution is -0.274. The van der Waals surface area contributed by atoms with Crippen LogP contribution in [0.1, 0.15) is 34.9 Å². The molecule has 0 aliphatic carbocycles. The molecule has 2 aromatic carbocycles. The Balaban J connectivity index is 1.34. The van der Waals surface area contributed by atoms with Gasteiger partial charge in [0.15, 0.2) is 11.6 Å². The topological polar surface area (TPSA) is 61.2 Å². The Kier molecular flexibility index (Phi) is 5.28. The number of aromatic nitrogens is 2. The predicted octanol–water partition coefficient (Wildman–Crippen LogP) is 5.99. The van der Waals surface area contributed by atoms with E-state index >= 15 is 0 Å². The highest BCUT2D eigenvalue weighted by Crippen LogP contribution is 2.33. The molecule has 2 aromatic heterocycles. The minimum atomic E-state index is -4.73. The Morgan fingerprint density at radius 1 is 1.15 bits per heavy atom. The molecule has 4 aromatic rings. The van der Waals surface area contributed by atoms with Gasteiger partial charge in [-0.15, -0.1) is 24.5 Å². The minimum Gasteiger partial charge on any atom is -0.406 e. The van der Waals surface area contributed by atoms with E-state index in [0.717, 1.165) is 15.8 Å². The zero-order valence-electron chi connectivity index (χ0n) is 17.1. The fraction of sp³-hybridized carbons (Fsp3) is 0.208. The molecule has 5 nitrogen and oxygen atoms in total. The van der Waals surface area contributed by atoms with Gasteiger partial charge in [-0.3, -0.25) is 9.59 Å². The number of fused-ring (bicyclic) bond motifs is 2. The summed E-state index contributed by atoms with van der Waals surface area (Å²) in [5.41, 5.74) is 2.85. The largest absolute Gasteiger partial charge is 0.573 e. The molecule has 33 heavy (non-hydrogen) atoms. The second kappa shape index (κ2) is 8.15. The van der Waals surface area contributed by atoms with Crippen molar-refractivity contribution in [2.45, 2.75) is 31.7 Å². The van der Waals surface area contributed by atoms with Gasteiger partial charge in [-0.25, -0.2) is 4.98 Å². The molecule has 168 valence electrons. The molecule has 0 spiro atoms. The maximum atomic E-state index is 13.0. The summed E-state index contributed by atoms with van der Waals surface area (Å²) in [4.78, 5) is 29.6. The van der Waals surface area contributed by atoms with Crippen molar-refractivity contribution < 1.29 is 27.5 Å². The van der Waals surface area contributed by atoms with E-state index in [-0.39, 0.29) is 29.8 Å². The summed E-state index contributed by atoms with van der Waals surface area (Å²) >= 11 is 1.40. The van der Waals surface area contributed by atoms with Crippen molar-refractivity contribution in [1.82, 2.24) is 9.55 Å². The van der Waals surface area contributed by atoms with Crippen molar-refractivity contribution in [3.8, 4) is 16.3 Å². The second-order valence-electron chi connectivity index (χ2n) is 7.81. The predicted molar refractivity (Wildman–Crippen MR) is 117 cm³/mol. The van der Waals surface area contributed by atoms with Crippen molar-refractivity contribution in [3.63, 3.8) is 0 Å². The number of benzene rings is 2.